The molecule has 0 bridgehead atoms. The van der Waals surface area contributed by atoms with Crippen molar-refractivity contribution >= 4 is 27.9 Å². The molecule has 0 aliphatic rings. The van der Waals surface area contributed by atoms with Crippen LogP contribution in [0, 0.1) is 0 Å². The predicted molar refractivity (Wildman–Crippen MR) is 52.9 cm³/mol. The van der Waals surface area contributed by atoms with Crippen molar-refractivity contribution in [1.29, 1.82) is 0 Å². The SMILES string of the molecule is CC(C)N(C)c1ccc(Cl)s1. The van der Waals surface area contributed by atoms with Crippen LogP contribution in [0.2, 0.25) is 4.34 Å². The molecule has 1 aromatic rings. The monoisotopic (exact) mass is 189 g/mol. The minimum Gasteiger partial charge on any atom is -0.364 e. The van der Waals surface area contributed by atoms with E-state index in [-0.39, 0.29) is 0 Å². The Morgan fingerprint density at radius 2 is 2.09 bits per heavy atom. The van der Waals surface area contributed by atoms with Crippen molar-refractivity contribution in [2.45, 2.75) is 19.9 Å². The van der Waals surface area contributed by atoms with E-state index in [2.05, 4.69) is 25.8 Å². The first-order chi connectivity index (χ1) is 5.11. The number of anilines is 1. The van der Waals surface area contributed by atoms with Crippen LogP contribution in [0.1, 0.15) is 13.8 Å². The molecular weight excluding hydrogens is 178 g/mol. The van der Waals surface area contributed by atoms with Gasteiger partial charge in [0.15, 0.2) is 0 Å². The molecule has 0 aliphatic heterocycles. The summed E-state index contributed by atoms with van der Waals surface area (Å²) in [4.78, 5) is 2.20. The number of rotatable bonds is 2. The largest absolute Gasteiger partial charge is 0.364 e. The van der Waals surface area contributed by atoms with Crippen molar-refractivity contribution in [1.82, 2.24) is 0 Å². The van der Waals surface area contributed by atoms with E-state index in [9.17, 15) is 0 Å². The lowest BCUT2D eigenvalue weighted by Crippen LogP contribution is -2.24. The topological polar surface area (TPSA) is 3.24 Å². The van der Waals surface area contributed by atoms with Gasteiger partial charge in [0, 0.05) is 13.1 Å². The van der Waals surface area contributed by atoms with Gasteiger partial charge in [-0.25, -0.2) is 0 Å². The third-order valence-corrected chi connectivity index (χ3v) is 3.00. The molecule has 3 heteroatoms. The van der Waals surface area contributed by atoms with E-state index in [1.54, 1.807) is 11.3 Å². The number of thiophene rings is 1. The second kappa shape index (κ2) is 3.46. The molecule has 11 heavy (non-hydrogen) atoms. The highest BCUT2D eigenvalue weighted by Crippen LogP contribution is 2.29. The molecule has 0 atom stereocenters. The highest BCUT2D eigenvalue weighted by Gasteiger charge is 2.06. The van der Waals surface area contributed by atoms with Crippen molar-refractivity contribution in [2.24, 2.45) is 0 Å². The van der Waals surface area contributed by atoms with E-state index in [0.29, 0.717) is 6.04 Å². The van der Waals surface area contributed by atoms with Crippen LogP contribution in [-0.2, 0) is 0 Å². The van der Waals surface area contributed by atoms with Crippen LogP contribution in [0.15, 0.2) is 12.1 Å². The maximum atomic E-state index is 5.80. The quantitative estimate of drug-likeness (QED) is 0.691. The van der Waals surface area contributed by atoms with Crippen LogP contribution in [0.25, 0.3) is 0 Å². The van der Waals surface area contributed by atoms with E-state index in [1.165, 1.54) is 5.00 Å². The normalized spacial score (nSPS) is 10.6. The van der Waals surface area contributed by atoms with Crippen LogP contribution >= 0.6 is 22.9 Å². The van der Waals surface area contributed by atoms with Crippen LogP contribution in [0.3, 0.4) is 0 Å². The average molecular weight is 190 g/mol. The zero-order chi connectivity index (χ0) is 8.43. The molecule has 1 nitrogen and oxygen atoms in total. The van der Waals surface area contributed by atoms with Gasteiger partial charge in [-0.15, -0.1) is 11.3 Å². The van der Waals surface area contributed by atoms with Gasteiger partial charge in [0.25, 0.3) is 0 Å². The summed E-state index contributed by atoms with van der Waals surface area (Å²) in [6.07, 6.45) is 0. The first kappa shape index (κ1) is 8.88. The van der Waals surface area contributed by atoms with Crippen molar-refractivity contribution < 1.29 is 0 Å². The lowest BCUT2D eigenvalue weighted by Gasteiger charge is -2.21. The summed E-state index contributed by atoms with van der Waals surface area (Å²) in [7, 11) is 2.08. The van der Waals surface area contributed by atoms with Gasteiger partial charge in [0.2, 0.25) is 0 Å². The minimum atomic E-state index is 0.532. The molecule has 1 aromatic heterocycles. The van der Waals surface area contributed by atoms with E-state index < -0.39 is 0 Å². The third kappa shape index (κ3) is 2.11. The summed E-state index contributed by atoms with van der Waals surface area (Å²) < 4.78 is 0.854. The Kier molecular flexibility index (Phi) is 2.79. The zero-order valence-electron chi connectivity index (χ0n) is 6.97. The fourth-order valence-corrected chi connectivity index (χ4v) is 1.88. The summed E-state index contributed by atoms with van der Waals surface area (Å²) in [5.41, 5.74) is 0. The van der Waals surface area contributed by atoms with Crippen molar-refractivity contribution in [3.8, 4) is 0 Å². The Morgan fingerprint density at radius 3 is 2.45 bits per heavy atom. The average Bonchev–Trinajstić information content (AvgIpc) is 2.34. The summed E-state index contributed by atoms with van der Waals surface area (Å²) in [5.74, 6) is 0. The summed E-state index contributed by atoms with van der Waals surface area (Å²) >= 11 is 7.42. The molecular formula is C8H12ClNS. The number of hydrogen-bond donors (Lipinski definition) is 0. The molecule has 0 radical (unpaired) electrons. The van der Waals surface area contributed by atoms with Crippen LogP contribution in [0.4, 0.5) is 5.00 Å². The van der Waals surface area contributed by atoms with Crippen molar-refractivity contribution in [3.63, 3.8) is 0 Å². The van der Waals surface area contributed by atoms with Gasteiger partial charge in [-0.1, -0.05) is 11.6 Å². The Morgan fingerprint density at radius 1 is 1.45 bits per heavy atom. The first-order valence-corrected chi connectivity index (χ1v) is 4.79. The standard InChI is InChI=1S/C8H12ClNS/c1-6(2)10(3)8-5-4-7(9)11-8/h4-6H,1-3H3. The van der Waals surface area contributed by atoms with Crippen LogP contribution in [0.5, 0.6) is 0 Å². The number of hydrogen-bond acceptors (Lipinski definition) is 2. The molecule has 0 aromatic carbocycles. The zero-order valence-corrected chi connectivity index (χ0v) is 8.54. The van der Waals surface area contributed by atoms with Crippen LogP contribution in [-0.4, -0.2) is 13.1 Å². The van der Waals surface area contributed by atoms with Crippen molar-refractivity contribution in [2.75, 3.05) is 11.9 Å². The molecule has 1 heterocycles. The van der Waals surface area contributed by atoms with Gasteiger partial charge in [-0.05, 0) is 26.0 Å². The first-order valence-electron chi connectivity index (χ1n) is 3.59. The van der Waals surface area contributed by atoms with Gasteiger partial charge in [-0.2, -0.15) is 0 Å². The van der Waals surface area contributed by atoms with Crippen molar-refractivity contribution in [3.05, 3.63) is 16.5 Å². The van der Waals surface area contributed by atoms with E-state index >= 15 is 0 Å². The maximum absolute atomic E-state index is 5.80. The van der Waals surface area contributed by atoms with Gasteiger partial charge in [0.1, 0.15) is 0 Å². The molecule has 62 valence electrons. The van der Waals surface area contributed by atoms with E-state index in [0.717, 1.165) is 4.34 Å². The summed E-state index contributed by atoms with van der Waals surface area (Å²) in [6, 6.07) is 4.51. The van der Waals surface area contributed by atoms with Gasteiger partial charge in [-0.3, -0.25) is 0 Å². The highest BCUT2D eigenvalue weighted by atomic mass is 35.5. The Balaban J connectivity index is 2.76. The Labute approximate surface area is 76.6 Å². The predicted octanol–water partition coefficient (Wildman–Crippen LogP) is 3.25. The van der Waals surface area contributed by atoms with Crippen LogP contribution < -0.4 is 4.90 Å². The second-order valence-electron chi connectivity index (χ2n) is 2.78. The Hall–Kier alpha value is -0.210. The molecule has 0 aliphatic carbocycles. The number of nitrogens with zero attached hydrogens (tertiary/aromatic N) is 1. The number of halogens is 1. The molecule has 0 spiro atoms. The van der Waals surface area contributed by atoms with Gasteiger partial charge < -0.3 is 4.90 Å². The van der Waals surface area contributed by atoms with E-state index in [4.69, 9.17) is 11.6 Å². The smallest absolute Gasteiger partial charge is 0.0950 e. The molecule has 0 amide bonds. The summed E-state index contributed by atoms with van der Waals surface area (Å²) in [5, 5.41) is 1.23. The fraction of sp³-hybridized carbons (Fsp3) is 0.500. The molecule has 0 N–H and O–H groups in total. The lowest BCUT2D eigenvalue weighted by atomic mass is 10.3. The maximum Gasteiger partial charge on any atom is 0.0950 e. The summed E-state index contributed by atoms with van der Waals surface area (Å²) in [6.45, 7) is 4.32. The molecule has 0 unspecified atom stereocenters. The second-order valence-corrected chi connectivity index (χ2v) is 4.48. The molecule has 0 saturated heterocycles. The third-order valence-electron chi connectivity index (χ3n) is 1.68. The minimum absolute atomic E-state index is 0.532. The molecule has 0 fully saturated rings. The fourth-order valence-electron chi connectivity index (χ4n) is 0.749. The Bertz CT molecular complexity index is 232. The van der Waals surface area contributed by atoms with Gasteiger partial charge in [0.05, 0.1) is 9.34 Å². The lowest BCUT2D eigenvalue weighted by molar-refractivity contribution is 0.761. The molecule has 1 rings (SSSR count). The highest BCUT2D eigenvalue weighted by molar-refractivity contribution is 7.19. The van der Waals surface area contributed by atoms with E-state index in [1.807, 2.05) is 12.1 Å². The van der Waals surface area contributed by atoms with Gasteiger partial charge >= 0.3 is 0 Å². The molecule has 0 saturated carbocycles.